The molecule has 2 N–H and O–H groups in total. The molecule has 1 saturated heterocycles. The maximum atomic E-state index is 11.9. The van der Waals surface area contributed by atoms with Crippen LogP contribution in [-0.2, 0) is 9.53 Å². The Balaban J connectivity index is 2.07. The molecule has 7 nitrogen and oxygen atoms in total. The van der Waals surface area contributed by atoms with E-state index in [-0.39, 0.29) is 24.6 Å². The van der Waals surface area contributed by atoms with Gasteiger partial charge in [-0.15, -0.1) is 11.3 Å². The second-order valence-corrected chi connectivity index (χ2v) is 8.33. The van der Waals surface area contributed by atoms with Crippen LogP contribution in [0.1, 0.15) is 24.8 Å². The van der Waals surface area contributed by atoms with Crippen LogP contribution in [0.3, 0.4) is 0 Å². The number of carbonyl (C=O) groups is 1. The first-order valence-corrected chi connectivity index (χ1v) is 10.5. The zero-order chi connectivity index (χ0) is 20.5. The van der Waals surface area contributed by atoms with Crippen LogP contribution in [-0.4, -0.2) is 81.2 Å². The van der Waals surface area contributed by atoms with Gasteiger partial charge in [-0.25, -0.2) is 4.99 Å². The van der Waals surface area contributed by atoms with Gasteiger partial charge in [-0.3, -0.25) is 9.69 Å². The minimum atomic E-state index is -0.0340. The molecule has 2 atom stereocenters. The lowest BCUT2D eigenvalue weighted by Crippen LogP contribution is -2.48. The topological polar surface area (TPSA) is 69.2 Å². The van der Waals surface area contributed by atoms with Gasteiger partial charge in [-0.05, 0) is 25.3 Å². The number of carbonyl (C=O) groups excluding carboxylic acids is 1. The standard InChI is InChI=1S/C20H33N5O2S/c1-15(2)11-21-20(23-13-19(26)24(4)5)22-12-17(18-7-6-10-28-18)25-8-9-27-16(3)14-25/h6-7,10,16-17H,1,8-9,11-14H2,2-5H3,(H2,21,22,23). The van der Waals surface area contributed by atoms with Crippen molar-refractivity contribution in [2.45, 2.75) is 26.0 Å². The van der Waals surface area contributed by atoms with E-state index in [1.807, 2.05) is 6.92 Å². The molecule has 1 aliphatic rings. The molecule has 156 valence electrons. The van der Waals surface area contributed by atoms with Crippen LogP contribution in [0.15, 0.2) is 34.7 Å². The molecule has 1 fully saturated rings. The van der Waals surface area contributed by atoms with Gasteiger partial charge < -0.3 is 20.3 Å². The van der Waals surface area contributed by atoms with E-state index in [9.17, 15) is 4.79 Å². The highest BCUT2D eigenvalue weighted by atomic mass is 32.1. The molecule has 0 spiro atoms. The predicted molar refractivity (Wildman–Crippen MR) is 116 cm³/mol. The lowest BCUT2D eigenvalue weighted by atomic mass is 10.1. The van der Waals surface area contributed by atoms with Crippen molar-refractivity contribution < 1.29 is 9.53 Å². The van der Waals surface area contributed by atoms with Crippen molar-refractivity contribution in [3.8, 4) is 0 Å². The number of morpholine rings is 1. The van der Waals surface area contributed by atoms with Gasteiger partial charge in [0.1, 0.15) is 6.54 Å². The molecule has 1 amide bonds. The van der Waals surface area contributed by atoms with Crippen molar-refractivity contribution in [2.75, 3.05) is 53.4 Å². The van der Waals surface area contributed by atoms with E-state index in [0.717, 1.165) is 25.3 Å². The van der Waals surface area contributed by atoms with Crippen LogP contribution >= 0.6 is 11.3 Å². The van der Waals surface area contributed by atoms with Gasteiger partial charge in [-0.1, -0.05) is 18.2 Å². The third-order valence-electron chi connectivity index (χ3n) is 4.48. The summed E-state index contributed by atoms with van der Waals surface area (Å²) in [5.74, 6) is 0.592. The van der Waals surface area contributed by atoms with Gasteiger partial charge >= 0.3 is 0 Å². The SMILES string of the molecule is C=C(C)CNC(=NCC(=O)N(C)C)NCC(c1cccs1)N1CCOC(C)C1. The number of rotatable bonds is 8. The molecule has 28 heavy (non-hydrogen) atoms. The molecule has 8 heteroatoms. The quantitative estimate of drug-likeness (QED) is 0.390. The molecule has 1 aliphatic heterocycles. The maximum absolute atomic E-state index is 11.9. The number of thiophene rings is 1. The zero-order valence-corrected chi connectivity index (χ0v) is 18.2. The lowest BCUT2D eigenvalue weighted by Gasteiger charge is -2.37. The molecule has 0 saturated carbocycles. The van der Waals surface area contributed by atoms with Crippen molar-refractivity contribution in [1.29, 1.82) is 0 Å². The van der Waals surface area contributed by atoms with Crippen molar-refractivity contribution in [3.05, 3.63) is 34.5 Å². The van der Waals surface area contributed by atoms with Gasteiger partial charge in [0.05, 0.1) is 18.8 Å². The monoisotopic (exact) mass is 407 g/mol. The largest absolute Gasteiger partial charge is 0.376 e. The molecular weight excluding hydrogens is 374 g/mol. The molecule has 2 heterocycles. The van der Waals surface area contributed by atoms with E-state index < -0.39 is 0 Å². The molecule has 2 rings (SSSR count). The summed E-state index contributed by atoms with van der Waals surface area (Å²) < 4.78 is 5.71. The molecule has 0 radical (unpaired) electrons. The lowest BCUT2D eigenvalue weighted by molar-refractivity contribution is -0.127. The minimum absolute atomic E-state index is 0.0340. The number of ether oxygens (including phenoxy) is 1. The van der Waals surface area contributed by atoms with Crippen LogP contribution in [0.2, 0.25) is 0 Å². The van der Waals surface area contributed by atoms with Crippen molar-refractivity contribution in [3.63, 3.8) is 0 Å². The maximum Gasteiger partial charge on any atom is 0.243 e. The smallest absolute Gasteiger partial charge is 0.243 e. The summed E-state index contributed by atoms with van der Waals surface area (Å²) >= 11 is 1.76. The fourth-order valence-electron chi connectivity index (χ4n) is 2.91. The molecule has 0 bridgehead atoms. The van der Waals surface area contributed by atoms with E-state index in [1.165, 1.54) is 4.88 Å². The Bertz CT molecular complexity index is 660. The van der Waals surface area contributed by atoms with E-state index in [4.69, 9.17) is 4.74 Å². The minimum Gasteiger partial charge on any atom is -0.376 e. The Morgan fingerprint density at radius 3 is 2.89 bits per heavy atom. The summed E-state index contributed by atoms with van der Waals surface area (Å²) in [6, 6.07) is 4.49. The average molecular weight is 408 g/mol. The van der Waals surface area contributed by atoms with E-state index in [1.54, 1.807) is 30.3 Å². The first kappa shape index (κ1) is 22.4. The van der Waals surface area contributed by atoms with Crippen LogP contribution < -0.4 is 10.6 Å². The van der Waals surface area contributed by atoms with Crippen LogP contribution in [0.5, 0.6) is 0 Å². The molecule has 1 aromatic heterocycles. The third-order valence-corrected chi connectivity index (χ3v) is 5.45. The fourth-order valence-corrected chi connectivity index (χ4v) is 3.77. The van der Waals surface area contributed by atoms with E-state index >= 15 is 0 Å². The van der Waals surface area contributed by atoms with Crippen molar-refractivity contribution >= 4 is 23.2 Å². The van der Waals surface area contributed by atoms with Gasteiger partial charge in [0.15, 0.2) is 5.96 Å². The summed E-state index contributed by atoms with van der Waals surface area (Å²) in [7, 11) is 3.47. The zero-order valence-electron chi connectivity index (χ0n) is 17.4. The van der Waals surface area contributed by atoms with Crippen molar-refractivity contribution in [2.24, 2.45) is 4.99 Å². The molecule has 1 aromatic rings. The fraction of sp³-hybridized carbons (Fsp3) is 0.600. The number of likely N-dealkylation sites (N-methyl/N-ethyl adjacent to an activating group) is 1. The van der Waals surface area contributed by atoms with Crippen LogP contribution in [0, 0.1) is 0 Å². The first-order chi connectivity index (χ1) is 13.4. The number of aliphatic imine (C=N–C) groups is 1. The normalized spacial score (nSPS) is 19.1. The summed E-state index contributed by atoms with van der Waals surface area (Å²) in [6.07, 6.45) is 0.226. The van der Waals surface area contributed by atoms with Gasteiger partial charge in [0.25, 0.3) is 0 Å². The second-order valence-electron chi connectivity index (χ2n) is 7.35. The highest BCUT2D eigenvalue weighted by Crippen LogP contribution is 2.26. The van der Waals surface area contributed by atoms with Crippen molar-refractivity contribution in [1.82, 2.24) is 20.4 Å². The Morgan fingerprint density at radius 2 is 2.29 bits per heavy atom. The Kier molecular flexibility index (Phi) is 8.95. The highest BCUT2D eigenvalue weighted by Gasteiger charge is 2.26. The van der Waals surface area contributed by atoms with E-state index in [0.29, 0.717) is 19.0 Å². The van der Waals surface area contributed by atoms with E-state index in [2.05, 4.69) is 51.5 Å². The summed E-state index contributed by atoms with van der Waals surface area (Å²) in [5.41, 5.74) is 1.00. The Labute approximate surface area is 172 Å². The highest BCUT2D eigenvalue weighted by molar-refractivity contribution is 7.10. The number of amides is 1. The third kappa shape index (κ3) is 7.26. The Hall–Kier alpha value is -1.90. The van der Waals surface area contributed by atoms with Gasteiger partial charge in [0, 0.05) is 45.2 Å². The number of nitrogens with one attached hydrogen (secondary N) is 2. The van der Waals surface area contributed by atoms with Gasteiger partial charge in [-0.2, -0.15) is 0 Å². The first-order valence-electron chi connectivity index (χ1n) is 9.62. The number of hydrogen-bond donors (Lipinski definition) is 2. The summed E-state index contributed by atoms with van der Waals surface area (Å²) in [6.45, 7) is 12.0. The number of guanidine groups is 1. The van der Waals surface area contributed by atoms with Crippen LogP contribution in [0.4, 0.5) is 0 Å². The molecular formula is C20H33N5O2S. The molecule has 2 unspecified atom stereocenters. The molecule has 0 aliphatic carbocycles. The molecule has 0 aromatic carbocycles. The predicted octanol–water partition coefficient (Wildman–Crippen LogP) is 1.71. The number of nitrogens with zero attached hydrogens (tertiary/aromatic N) is 3. The second kappa shape index (κ2) is 11.2. The summed E-state index contributed by atoms with van der Waals surface area (Å²) in [4.78, 5) is 21.7. The average Bonchev–Trinajstić information content (AvgIpc) is 3.17. The summed E-state index contributed by atoms with van der Waals surface area (Å²) in [5, 5.41) is 8.78. The van der Waals surface area contributed by atoms with Gasteiger partial charge in [0.2, 0.25) is 5.91 Å². The van der Waals surface area contributed by atoms with Crippen LogP contribution in [0.25, 0.3) is 0 Å². The number of hydrogen-bond acceptors (Lipinski definition) is 5. The Morgan fingerprint density at radius 1 is 1.50 bits per heavy atom.